The summed E-state index contributed by atoms with van der Waals surface area (Å²) in [5, 5.41) is 13.9. The molecule has 0 aliphatic rings. The summed E-state index contributed by atoms with van der Waals surface area (Å²) in [5.41, 5.74) is -0.923. The number of Topliss-reactive ketones (excluding diaryl/α,β-unsaturated/α-hetero) is 1. The molecule has 4 heteroatoms. The molecule has 78 valence electrons. The molecule has 1 aromatic heterocycles. The molecule has 0 aromatic carbocycles. The van der Waals surface area contributed by atoms with Crippen molar-refractivity contribution in [3.8, 4) is 0 Å². The predicted molar refractivity (Wildman–Crippen MR) is 53.1 cm³/mol. The van der Waals surface area contributed by atoms with E-state index in [1.165, 1.54) is 0 Å². The Bertz CT molecular complexity index is 327. The van der Waals surface area contributed by atoms with Gasteiger partial charge in [-0.1, -0.05) is 13.8 Å². The van der Waals surface area contributed by atoms with Crippen LogP contribution in [0.4, 0.5) is 0 Å². The van der Waals surface area contributed by atoms with Crippen LogP contribution in [-0.2, 0) is 7.05 Å². The van der Waals surface area contributed by atoms with Crippen molar-refractivity contribution in [2.45, 2.75) is 32.3 Å². The van der Waals surface area contributed by atoms with Crippen LogP contribution in [0.5, 0.6) is 0 Å². The lowest BCUT2D eigenvalue weighted by atomic mass is 9.90. The fraction of sp³-hybridized carbons (Fsp3) is 0.600. The monoisotopic (exact) mass is 196 g/mol. The molecule has 0 unspecified atom stereocenters. The van der Waals surface area contributed by atoms with Gasteiger partial charge in [-0.05, 0) is 18.9 Å². The largest absolute Gasteiger partial charge is 0.382 e. The molecule has 0 fully saturated rings. The number of hydrogen-bond donors (Lipinski definition) is 1. The first-order valence-corrected chi connectivity index (χ1v) is 4.80. The van der Waals surface area contributed by atoms with Gasteiger partial charge in [0, 0.05) is 13.2 Å². The molecule has 0 spiro atoms. The van der Waals surface area contributed by atoms with Crippen molar-refractivity contribution < 1.29 is 9.90 Å². The van der Waals surface area contributed by atoms with Crippen LogP contribution in [0.25, 0.3) is 0 Å². The van der Waals surface area contributed by atoms with Crippen LogP contribution < -0.4 is 0 Å². The summed E-state index contributed by atoms with van der Waals surface area (Å²) in [6, 6.07) is 1.62. The average molecular weight is 196 g/mol. The van der Waals surface area contributed by atoms with Crippen molar-refractivity contribution in [3.05, 3.63) is 18.0 Å². The first kappa shape index (κ1) is 10.9. The highest BCUT2D eigenvalue weighted by atomic mass is 16.3. The van der Waals surface area contributed by atoms with Crippen LogP contribution in [-0.4, -0.2) is 26.3 Å². The van der Waals surface area contributed by atoms with Gasteiger partial charge in [0.25, 0.3) is 0 Å². The van der Waals surface area contributed by atoms with Gasteiger partial charge >= 0.3 is 0 Å². The Morgan fingerprint density at radius 2 is 2.14 bits per heavy atom. The fourth-order valence-electron chi connectivity index (χ4n) is 1.35. The summed E-state index contributed by atoms with van der Waals surface area (Å²) in [7, 11) is 1.74. The molecule has 1 heterocycles. The van der Waals surface area contributed by atoms with Crippen LogP contribution in [0.3, 0.4) is 0 Å². The number of aliphatic hydroxyl groups is 1. The molecule has 0 bridgehead atoms. The molecule has 1 rings (SSSR count). The quantitative estimate of drug-likeness (QED) is 0.735. The van der Waals surface area contributed by atoms with E-state index >= 15 is 0 Å². The van der Waals surface area contributed by atoms with Gasteiger partial charge in [0.1, 0.15) is 11.3 Å². The molecule has 0 atom stereocenters. The molecule has 1 aromatic rings. The third kappa shape index (κ3) is 1.85. The maximum Gasteiger partial charge on any atom is 0.214 e. The van der Waals surface area contributed by atoms with E-state index in [1.54, 1.807) is 37.8 Å². The second-order valence-corrected chi connectivity index (χ2v) is 3.44. The molecule has 4 nitrogen and oxygen atoms in total. The number of aryl methyl sites for hydroxylation is 1. The van der Waals surface area contributed by atoms with Gasteiger partial charge in [0.15, 0.2) is 0 Å². The van der Waals surface area contributed by atoms with E-state index in [2.05, 4.69) is 5.10 Å². The van der Waals surface area contributed by atoms with Crippen molar-refractivity contribution in [2.75, 3.05) is 0 Å². The molecule has 0 aliphatic carbocycles. The standard InChI is InChI=1S/C10H16N2O2/c1-4-10(14,5-2)9(13)8-6-7-12(3)11-8/h6-7,14H,4-5H2,1-3H3. The Morgan fingerprint density at radius 3 is 2.50 bits per heavy atom. The summed E-state index contributed by atoms with van der Waals surface area (Å²) >= 11 is 0. The summed E-state index contributed by atoms with van der Waals surface area (Å²) in [4.78, 5) is 11.8. The minimum absolute atomic E-state index is 0.289. The SMILES string of the molecule is CCC(O)(CC)C(=O)c1ccn(C)n1. The molecule has 0 saturated heterocycles. The van der Waals surface area contributed by atoms with Crippen LogP contribution in [0, 0.1) is 0 Å². The smallest absolute Gasteiger partial charge is 0.214 e. The van der Waals surface area contributed by atoms with E-state index in [0.29, 0.717) is 18.5 Å². The lowest BCUT2D eigenvalue weighted by Gasteiger charge is -2.21. The van der Waals surface area contributed by atoms with E-state index in [0.717, 1.165) is 0 Å². The number of aromatic nitrogens is 2. The highest BCUT2D eigenvalue weighted by Crippen LogP contribution is 2.19. The molecular formula is C10H16N2O2. The minimum Gasteiger partial charge on any atom is -0.382 e. The van der Waals surface area contributed by atoms with E-state index < -0.39 is 5.60 Å². The van der Waals surface area contributed by atoms with Gasteiger partial charge in [-0.15, -0.1) is 0 Å². The Hall–Kier alpha value is -1.16. The third-order valence-electron chi connectivity index (χ3n) is 2.54. The molecular weight excluding hydrogens is 180 g/mol. The third-order valence-corrected chi connectivity index (χ3v) is 2.54. The average Bonchev–Trinajstić information content (AvgIpc) is 2.62. The molecule has 14 heavy (non-hydrogen) atoms. The number of carbonyl (C=O) groups is 1. The number of rotatable bonds is 4. The van der Waals surface area contributed by atoms with Crippen LogP contribution >= 0.6 is 0 Å². The minimum atomic E-state index is -1.26. The Kier molecular flexibility index (Phi) is 3.06. The Balaban J connectivity index is 2.94. The molecule has 0 aliphatic heterocycles. The Morgan fingerprint density at radius 1 is 1.57 bits per heavy atom. The number of hydrogen-bond acceptors (Lipinski definition) is 3. The zero-order valence-corrected chi connectivity index (χ0v) is 8.82. The van der Waals surface area contributed by atoms with Crippen molar-refractivity contribution in [3.63, 3.8) is 0 Å². The van der Waals surface area contributed by atoms with Gasteiger partial charge in [-0.3, -0.25) is 9.48 Å². The van der Waals surface area contributed by atoms with E-state index in [-0.39, 0.29) is 5.78 Å². The second kappa shape index (κ2) is 3.92. The topological polar surface area (TPSA) is 55.1 Å². The molecule has 0 radical (unpaired) electrons. The summed E-state index contributed by atoms with van der Waals surface area (Å²) in [5.74, 6) is -0.289. The van der Waals surface area contributed by atoms with Gasteiger partial charge < -0.3 is 5.11 Å². The van der Waals surface area contributed by atoms with Gasteiger partial charge in [0.2, 0.25) is 5.78 Å². The van der Waals surface area contributed by atoms with Gasteiger partial charge in [0.05, 0.1) is 0 Å². The Labute approximate surface area is 83.5 Å². The summed E-state index contributed by atoms with van der Waals surface area (Å²) in [6.45, 7) is 3.59. The maximum absolute atomic E-state index is 11.8. The van der Waals surface area contributed by atoms with Crippen molar-refractivity contribution in [1.82, 2.24) is 9.78 Å². The first-order chi connectivity index (χ1) is 6.53. The van der Waals surface area contributed by atoms with Crippen molar-refractivity contribution in [1.29, 1.82) is 0 Å². The molecule has 0 saturated carbocycles. The van der Waals surface area contributed by atoms with Crippen LogP contribution in [0.1, 0.15) is 37.2 Å². The highest BCUT2D eigenvalue weighted by molar-refractivity contribution is 6.00. The normalized spacial score (nSPS) is 11.7. The zero-order chi connectivity index (χ0) is 10.8. The molecule has 0 amide bonds. The summed E-state index contributed by atoms with van der Waals surface area (Å²) in [6.07, 6.45) is 2.52. The number of ketones is 1. The van der Waals surface area contributed by atoms with E-state index in [9.17, 15) is 9.90 Å². The van der Waals surface area contributed by atoms with Gasteiger partial charge in [-0.25, -0.2) is 0 Å². The zero-order valence-electron chi connectivity index (χ0n) is 8.82. The van der Waals surface area contributed by atoms with E-state index in [1.807, 2.05) is 0 Å². The van der Waals surface area contributed by atoms with Gasteiger partial charge in [-0.2, -0.15) is 5.10 Å². The lowest BCUT2D eigenvalue weighted by molar-refractivity contribution is 0.0272. The van der Waals surface area contributed by atoms with E-state index in [4.69, 9.17) is 0 Å². The van der Waals surface area contributed by atoms with Crippen molar-refractivity contribution >= 4 is 5.78 Å². The predicted octanol–water partition coefficient (Wildman–Crippen LogP) is 1.15. The van der Waals surface area contributed by atoms with Crippen LogP contribution in [0.2, 0.25) is 0 Å². The number of nitrogens with zero attached hydrogens (tertiary/aromatic N) is 2. The molecule has 1 N–H and O–H groups in total. The van der Waals surface area contributed by atoms with Crippen molar-refractivity contribution in [2.24, 2.45) is 7.05 Å². The summed E-state index contributed by atoms with van der Waals surface area (Å²) < 4.78 is 1.55. The lowest BCUT2D eigenvalue weighted by Crippen LogP contribution is -2.37. The number of carbonyl (C=O) groups excluding carboxylic acids is 1. The fourth-order valence-corrected chi connectivity index (χ4v) is 1.35. The maximum atomic E-state index is 11.8. The first-order valence-electron chi connectivity index (χ1n) is 4.80. The van der Waals surface area contributed by atoms with Crippen LogP contribution in [0.15, 0.2) is 12.3 Å². The highest BCUT2D eigenvalue weighted by Gasteiger charge is 2.33. The second-order valence-electron chi connectivity index (χ2n) is 3.44.